The van der Waals surface area contributed by atoms with Gasteiger partial charge >= 0.3 is 0 Å². The van der Waals surface area contributed by atoms with Gasteiger partial charge < -0.3 is 15.8 Å². The fourth-order valence-electron chi connectivity index (χ4n) is 1.26. The first-order valence-corrected chi connectivity index (χ1v) is 4.95. The third-order valence-electron chi connectivity index (χ3n) is 2.10. The number of anilines is 1. The number of halogens is 1. The minimum absolute atomic E-state index is 0. The van der Waals surface area contributed by atoms with Crippen LogP contribution in [0.1, 0.15) is 6.42 Å². The highest BCUT2D eigenvalue weighted by molar-refractivity contribution is 5.85. The zero-order valence-electron chi connectivity index (χ0n) is 9.51. The van der Waals surface area contributed by atoms with E-state index in [1.165, 1.54) is 13.2 Å². The molecule has 0 aliphatic carbocycles. The Kier molecular flexibility index (Phi) is 7.00. The molecule has 0 spiro atoms. The van der Waals surface area contributed by atoms with Gasteiger partial charge in [0.15, 0.2) is 0 Å². The molecule has 0 unspecified atom stereocenters. The molecular formula is C10H16ClN3O3. The van der Waals surface area contributed by atoms with E-state index in [4.69, 9.17) is 10.5 Å². The van der Waals surface area contributed by atoms with E-state index < -0.39 is 4.92 Å². The van der Waals surface area contributed by atoms with E-state index in [9.17, 15) is 10.1 Å². The summed E-state index contributed by atoms with van der Waals surface area (Å²) in [6.07, 6.45) is 0.767. The molecule has 17 heavy (non-hydrogen) atoms. The van der Waals surface area contributed by atoms with Crippen molar-refractivity contribution >= 4 is 23.8 Å². The molecule has 0 saturated heterocycles. The van der Waals surface area contributed by atoms with Gasteiger partial charge in [0.05, 0.1) is 18.1 Å². The van der Waals surface area contributed by atoms with Crippen LogP contribution in [0, 0.1) is 10.1 Å². The van der Waals surface area contributed by atoms with Gasteiger partial charge in [-0.05, 0) is 25.1 Å². The van der Waals surface area contributed by atoms with Gasteiger partial charge in [0.2, 0.25) is 0 Å². The first kappa shape index (κ1) is 15.5. The summed E-state index contributed by atoms with van der Waals surface area (Å²) in [6.45, 7) is 1.17. The highest BCUT2D eigenvalue weighted by Gasteiger charge is 2.14. The average molecular weight is 262 g/mol. The van der Waals surface area contributed by atoms with Crippen LogP contribution >= 0.6 is 12.4 Å². The summed E-state index contributed by atoms with van der Waals surface area (Å²) in [6, 6.07) is 4.70. The molecule has 0 radical (unpaired) electrons. The molecule has 1 rings (SSSR count). The number of nitro benzene ring substituents is 1. The van der Waals surface area contributed by atoms with E-state index in [2.05, 4.69) is 5.32 Å². The zero-order valence-corrected chi connectivity index (χ0v) is 10.3. The number of nitrogens with one attached hydrogen (secondary N) is 1. The van der Waals surface area contributed by atoms with Crippen molar-refractivity contribution in [2.75, 3.05) is 25.5 Å². The Bertz CT molecular complexity index is 374. The Morgan fingerprint density at radius 2 is 2.24 bits per heavy atom. The van der Waals surface area contributed by atoms with Crippen molar-refractivity contribution in [2.45, 2.75) is 6.42 Å². The van der Waals surface area contributed by atoms with Crippen LogP contribution in [0.15, 0.2) is 18.2 Å². The Balaban J connectivity index is 0.00000256. The van der Waals surface area contributed by atoms with E-state index in [1.54, 1.807) is 12.1 Å². The van der Waals surface area contributed by atoms with Gasteiger partial charge in [-0.1, -0.05) is 0 Å². The smallest absolute Gasteiger partial charge is 0.296 e. The fourth-order valence-corrected chi connectivity index (χ4v) is 1.26. The lowest BCUT2D eigenvalue weighted by Gasteiger charge is -2.07. The molecule has 1 aromatic carbocycles. The molecule has 0 fully saturated rings. The maximum Gasteiger partial charge on any atom is 0.296 e. The fraction of sp³-hybridized carbons (Fsp3) is 0.400. The number of hydrogen-bond acceptors (Lipinski definition) is 5. The van der Waals surface area contributed by atoms with Gasteiger partial charge in [0, 0.05) is 6.54 Å². The Morgan fingerprint density at radius 1 is 1.53 bits per heavy atom. The van der Waals surface area contributed by atoms with Crippen LogP contribution in [0.3, 0.4) is 0 Å². The van der Waals surface area contributed by atoms with Crippen molar-refractivity contribution in [1.82, 2.24) is 0 Å². The molecule has 0 aliphatic heterocycles. The van der Waals surface area contributed by atoms with E-state index in [-0.39, 0.29) is 18.1 Å². The van der Waals surface area contributed by atoms with Crippen LogP contribution in [0.5, 0.6) is 5.75 Å². The SMILES string of the molecule is COc1ccc(NCCCN)c([N+](=O)[O-])c1.Cl. The number of rotatable bonds is 6. The summed E-state index contributed by atoms with van der Waals surface area (Å²) in [5.74, 6) is 0.469. The Hall–Kier alpha value is -1.53. The molecule has 0 atom stereocenters. The molecular weight excluding hydrogens is 246 g/mol. The summed E-state index contributed by atoms with van der Waals surface area (Å²) in [7, 11) is 1.47. The second-order valence-electron chi connectivity index (χ2n) is 3.21. The number of nitro groups is 1. The molecule has 0 amide bonds. The standard InChI is InChI=1S/C10H15N3O3.ClH/c1-16-8-3-4-9(12-6-2-5-11)10(7-8)13(14)15;/h3-4,7,12H,2,5-6,11H2,1H3;1H. The van der Waals surface area contributed by atoms with Crippen molar-refractivity contribution in [1.29, 1.82) is 0 Å². The van der Waals surface area contributed by atoms with Crippen molar-refractivity contribution in [3.63, 3.8) is 0 Å². The number of nitrogens with two attached hydrogens (primary N) is 1. The molecule has 0 aromatic heterocycles. The van der Waals surface area contributed by atoms with Crippen molar-refractivity contribution in [2.24, 2.45) is 5.73 Å². The van der Waals surface area contributed by atoms with Crippen LogP contribution in [-0.2, 0) is 0 Å². The number of hydrogen-bond donors (Lipinski definition) is 2. The number of nitrogens with zero attached hydrogens (tertiary/aromatic N) is 1. The summed E-state index contributed by atoms with van der Waals surface area (Å²) < 4.78 is 4.93. The summed E-state index contributed by atoms with van der Waals surface area (Å²) in [5.41, 5.74) is 5.84. The molecule has 0 bridgehead atoms. The van der Waals surface area contributed by atoms with Gasteiger partial charge in [0.1, 0.15) is 11.4 Å². The molecule has 0 heterocycles. The molecule has 7 heteroatoms. The van der Waals surface area contributed by atoms with Crippen LogP contribution in [0.25, 0.3) is 0 Å². The predicted molar refractivity (Wildman–Crippen MR) is 69.1 cm³/mol. The predicted octanol–water partition coefficient (Wildman–Crippen LogP) is 1.79. The van der Waals surface area contributed by atoms with E-state index in [0.717, 1.165) is 6.42 Å². The monoisotopic (exact) mass is 261 g/mol. The maximum absolute atomic E-state index is 10.8. The van der Waals surface area contributed by atoms with Crippen LogP contribution in [0.2, 0.25) is 0 Å². The van der Waals surface area contributed by atoms with Crippen LogP contribution < -0.4 is 15.8 Å². The molecule has 96 valence electrons. The van der Waals surface area contributed by atoms with Crippen molar-refractivity contribution < 1.29 is 9.66 Å². The summed E-state index contributed by atoms with van der Waals surface area (Å²) in [4.78, 5) is 10.4. The normalized spacial score (nSPS) is 9.29. The molecule has 1 aromatic rings. The second-order valence-corrected chi connectivity index (χ2v) is 3.21. The lowest BCUT2D eigenvalue weighted by atomic mass is 10.2. The number of methoxy groups -OCH3 is 1. The van der Waals surface area contributed by atoms with Gasteiger partial charge in [-0.25, -0.2) is 0 Å². The third kappa shape index (κ3) is 4.46. The van der Waals surface area contributed by atoms with Crippen LogP contribution in [-0.4, -0.2) is 25.1 Å². The Labute approximate surface area is 106 Å². The van der Waals surface area contributed by atoms with E-state index >= 15 is 0 Å². The molecule has 0 saturated carbocycles. The lowest BCUT2D eigenvalue weighted by molar-refractivity contribution is -0.384. The third-order valence-corrected chi connectivity index (χ3v) is 2.10. The topological polar surface area (TPSA) is 90.4 Å². The average Bonchev–Trinajstić information content (AvgIpc) is 2.29. The molecule has 3 N–H and O–H groups in total. The zero-order chi connectivity index (χ0) is 12.0. The molecule has 0 aliphatic rings. The van der Waals surface area contributed by atoms with Crippen molar-refractivity contribution in [3.05, 3.63) is 28.3 Å². The highest BCUT2D eigenvalue weighted by Crippen LogP contribution is 2.28. The summed E-state index contributed by atoms with van der Waals surface area (Å²) >= 11 is 0. The first-order chi connectivity index (χ1) is 7.69. The number of ether oxygens (including phenoxy) is 1. The summed E-state index contributed by atoms with van der Waals surface area (Å²) in [5, 5.41) is 13.8. The first-order valence-electron chi connectivity index (χ1n) is 4.95. The Morgan fingerprint density at radius 3 is 2.76 bits per heavy atom. The minimum atomic E-state index is -0.437. The minimum Gasteiger partial charge on any atom is -0.496 e. The molecule has 6 nitrogen and oxygen atoms in total. The quantitative estimate of drug-likeness (QED) is 0.463. The van der Waals surface area contributed by atoms with Gasteiger partial charge in [-0.2, -0.15) is 0 Å². The van der Waals surface area contributed by atoms with Crippen LogP contribution in [0.4, 0.5) is 11.4 Å². The van der Waals surface area contributed by atoms with E-state index in [1.807, 2.05) is 0 Å². The van der Waals surface area contributed by atoms with E-state index in [0.29, 0.717) is 24.5 Å². The van der Waals surface area contributed by atoms with Crippen molar-refractivity contribution in [3.8, 4) is 5.75 Å². The largest absolute Gasteiger partial charge is 0.496 e. The van der Waals surface area contributed by atoms with Gasteiger partial charge in [-0.15, -0.1) is 12.4 Å². The lowest BCUT2D eigenvalue weighted by Crippen LogP contribution is -2.09. The second kappa shape index (κ2) is 7.70. The van der Waals surface area contributed by atoms with Gasteiger partial charge in [-0.3, -0.25) is 10.1 Å². The van der Waals surface area contributed by atoms with Gasteiger partial charge in [0.25, 0.3) is 5.69 Å². The highest BCUT2D eigenvalue weighted by atomic mass is 35.5. The number of benzene rings is 1. The maximum atomic E-state index is 10.8.